The second-order valence-corrected chi connectivity index (χ2v) is 5.25. The van der Waals surface area contributed by atoms with Gasteiger partial charge in [-0.2, -0.15) is 0 Å². The highest BCUT2D eigenvalue weighted by Gasteiger charge is 2.11. The number of benzene rings is 2. The highest BCUT2D eigenvalue weighted by Crippen LogP contribution is 2.16. The van der Waals surface area contributed by atoms with Gasteiger partial charge in [-0.15, -0.1) is 5.43 Å². The predicted molar refractivity (Wildman–Crippen MR) is 91.7 cm³/mol. The van der Waals surface area contributed by atoms with Crippen molar-refractivity contribution in [3.63, 3.8) is 0 Å². The van der Waals surface area contributed by atoms with Crippen molar-refractivity contribution in [1.82, 2.24) is 5.43 Å². The second kappa shape index (κ2) is 7.06. The van der Waals surface area contributed by atoms with Gasteiger partial charge in [-0.05, 0) is 24.3 Å². The van der Waals surface area contributed by atoms with E-state index in [1.54, 1.807) is 48.5 Å². The van der Waals surface area contributed by atoms with Gasteiger partial charge < -0.3 is 5.73 Å². The predicted octanol–water partition coefficient (Wildman–Crippen LogP) is 3.12. The van der Waals surface area contributed by atoms with Crippen LogP contribution in [0.4, 0.5) is 11.4 Å². The average Bonchev–Trinajstić information content (AvgIpc) is 2.48. The van der Waals surface area contributed by atoms with Gasteiger partial charge in [0.2, 0.25) is 11.4 Å². The number of guanidine groups is 1. The molecule has 0 spiro atoms. The molecule has 0 saturated carbocycles. The van der Waals surface area contributed by atoms with Crippen LogP contribution in [-0.4, -0.2) is 28.8 Å². The number of rotatable bonds is 4. The van der Waals surface area contributed by atoms with Crippen molar-refractivity contribution < 1.29 is 9.37 Å². The Bertz CT molecular complexity index is 721. The van der Waals surface area contributed by atoms with E-state index >= 15 is 0 Å². The number of nitrogens with one attached hydrogen (secondary N) is 1. The molecule has 0 heterocycles. The van der Waals surface area contributed by atoms with Crippen LogP contribution in [0, 0.1) is 0 Å². The molecule has 0 radical (unpaired) electrons. The molecule has 0 atom stereocenters. The topological polar surface area (TPSA) is 56.4 Å². The van der Waals surface area contributed by atoms with Crippen molar-refractivity contribution in [2.45, 2.75) is 0 Å². The van der Waals surface area contributed by atoms with E-state index in [4.69, 9.17) is 28.9 Å². The molecule has 2 rings (SSSR count). The molecule has 0 fully saturated rings. The van der Waals surface area contributed by atoms with Crippen LogP contribution in [0.3, 0.4) is 0 Å². The van der Waals surface area contributed by atoms with Gasteiger partial charge in [-0.25, -0.2) is 0 Å². The standard InChI is InChI=1S/C15H15Cl2N5/c1-21(13-7-3-11(16)4-8-13)19-15(18)20-22(2)14-9-5-12(17)6-10-14/h3-10H,1-2H2,(H3,18,19,20)/q+2. The van der Waals surface area contributed by atoms with Crippen molar-refractivity contribution in [3.8, 4) is 0 Å². The summed E-state index contributed by atoms with van der Waals surface area (Å²) in [7, 11) is 0. The fourth-order valence-electron chi connectivity index (χ4n) is 1.65. The third-order valence-electron chi connectivity index (χ3n) is 2.74. The molecule has 112 valence electrons. The zero-order valence-electron chi connectivity index (χ0n) is 11.7. The van der Waals surface area contributed by atoms with E-state index in [-0.39, 0.29) is 5.96 Å². The lowest BCUT2D eigenvalue weighted by molar-refractivity contribution is -0.483. The molecule has 0 aromatic heterocycles. The van der Waals surface area contributed by atoms with E-state index in [2.05, 4.69) is 24.0 Å². The van der Waals surface area contributed by atoms with Gasteiger partial charge in [-0.1, -0.05) is 32.6 Å². The summed E-state index contributed by atoms with van der Waals surface area (Å²) in [6, 6.07) is 14.2. The molecule has 0 unspecified atom stereocenters. The summed E-state index contributed by atoms with van der Waals surface area (Å²) in [6.07, 6.45) is 0. The SMILES string of the molecule is C=[N+](/N=C(\N)N[N+](=C)c1ccc(Cl)cc1)c1ccc(Cl)cc1. The minimum atomic E-state index is 0.134. The molecule has 2 aromatic rings. The zero-order chi connectivity index (χ0) is 16.1. The molecule has 0 saturated heterocycles. The zero-order valence-corrected chi connectivity index (χ0v) is 13.2. The lowest BCUT2D eigenvalue weighted by Gasteiger charge is -2.01. The van der Waals surface area contributed by atoms with Gasteiger partial charge in [0.15, 0.2) is 13.4 Å². The summed E-state index contributed by atoms with van der Waals surface area (Å²) in [5.74, 6) is 0.134. The molecule has 7 heteroatoms. The summed E-state index contributed by atoms with van der Waals surface area (Å²) in [5, 5.41) is 5.40. The summed E-state index contributed by atoms with van der Waals surface area (Å²) >= 11 is 11.7. The molecule has 0 amide bonds. The minimum absolute atomic E-state index is 0.134. The van der Waals surface area contributed by atoms with Crippen LogP contribution in [0.1, 0.15) is 0 Å². The number of halogens is 2. The van der Waals surface area contributed by atoms with Crippen molar-refractivity contribution >= 4 is 54.0 Å². The molecule has 2 aromatic carbocycles. The Labute approximate surface area is 138 Å². The van der Waals surface area contributed by atoms with E-state index in [0.29, 0.717) is 10.0 Å². The monoisotopic (exact) mass is 335 g/mol. The van der Waals surface area contributed by atoms with Crippen LogP contribution in [-0.2, 0) is 0 Å². The van der Waals surface area contributed by atoms with E-state index in [1.807, 2.05) is 0 Å². The number of nitrogens with zero attached hydrogens (tertiary/aromatic N) is 3. The summed E-state index contributed by atoms with van der Waals surface area (Å²) < 4.78 is 2.86. The third-order valence-corrected chi connectivity index (χ3v) is 3.24. The molecule has 0 aliphatic heterocycles. The number of nitrogens with two attached hydrogens (primary N) is 1. The fourth-order valence-corrected chi connectivity index (χ4v) is 1.90. The van der Waals surface area contributed by atoms with E-state index in [0.717, 1.165) is 11.4 Å². The Morgan fingerprint density at radius 1 is 0.909 bits per heavy atom. The molecule has 0 bridgehead atoms. The maximum atomic E-state index is 5.84. The van der Waals surface area contributed by atoms with Gasteiger partial charge in [0.1, 0.15) is 0 Å². The molecular weight excluding hydrogens is 321 g/mol. The highest BCUT2D eigenvalue weighted by molar-refractivity contribution is 6.30. The number of hydrazine groups is 1. The Kier molecular flexibility index (Phi) is 5.14. The molecule has 0 aliphatic carbocycles. The smallest absolute Gasteiger partial charge is 0.315 e. The van der Waals surface area contributed by atoms with E-state index < -0.39 is 0 Å². The Hall–Kier alpha value is -2.37. The fraction of sp³-hybridized carbons (Fsp3) is 0. The van der Waals surface area contributed by atoms with Crippen molar-refractivity contribution in [3.05, 3.63) is 58.6 Å². The number of hydrogen-bond acceptors (Lipinski definition) is 1. The number of hydrazone groups is 2. The summed E-state index contributed by atoms with van der Waals surface area (Å²) in [5.41, 5.74) is 10.2. The molecule has 22 heavy (non-hydrogen) atoms. The van der Waals surface area contributed by atoms with Gasteiger partial charge in [0.05, 0.1) is 0 Å². The van der Waals surface area contributed by atoms with Crippen molar-refractivity contribution in [2.24, 2.45) is 10.8 Å². The molecule has 0 aliphatic rings. The Morgan fingerprint density at radius 2 is 1.36 bits per heavy atom. The van der Waals surface area contributed by atoms with Crippen LogP contribution >= 0.6 is 23.2 Å². The van der Waals surface area contributed by atoms with Crippen LogP contribution in [0.15, 0.2) is 53.6 Å². The first-order valence-electron chi connectivity index (χ1n) is 6.29. The largest absolute Gasteiger partial charge is 0.361 e. The van der Waals surface area contributed by atoms with E-state index in [1.165, 1.54) is 9.37 Å². The highest BCUT2D eigenvalue weighted by atomic mass is 35.5. The summed E-state index contributed by atoms with van der Waals surface area (Å²) in [6.45, 7) is 7.63. The molecule has 5 nitrogen and oxygen atoms in total. The Morgan fingerprint density at radius 3 is 1.86 bits per heavy atom. The first-order chi connectivity index (χ1) is 10.5. The van der Waals surface area contributed by atoms with E-state index in [9.17, 15) is 0 Å². The van der Waals surface area contributed by atoms with Gasteiger partial charge in [0.25, 0.3) is 0 Å². The molecule has 3 N–H and O–H groups in total. The Balaban J connectivity index is 2.05. The average molecular weight is 336 g/mol. The van der Waals surface area contributed by atoms with Gasteiger partial charge >= 0.3 is 5.96 Å². The van der Waals surface area contributed by atoms with Crippen molar-refractivity contribution in [2.75, 3.05) is 0 Å². The van der Waals surface area contributed by atoms with Crippen LogP contribution in [0.5, 0.6) is 0 Å². The number of hydrogen-bond donors (Lipinski definition) is 2. The second-order valence-electron chi connectivity index (χ2n) is 4.38. The maximum Gasteiger partial charge on any atom is 0.315 e. The lowest BCUT2D eigenvalue weighted by atomic mass is 10.3. The quantitative estimate of drug-likeness (QED) is 0.390. The first-order valence-corrected chi connectivity index (χ1v) is 7.04. The maximum absolute atomic E-state index is 5.84. The summed E-state index contributed by atoms with van der Waals surface area (Å²) in [4.78, 5) is 0. The molecular formula is C15H15Cl2N5+2. The van der Waals surface area contributed by atoms with Crippen molar-refractivity contribution in [1.29, 1.82) is 0 Å². The minimum Gasteiger partial charge on any atom is -0.361 e. The normalized spacial score (nSPS) is 11.1. The van der Waals surface area contributed by atoms with Gasteiger partial charge in [0, 0.05) is 39.4 Å². The first kappa shape index (κ1) is 16.0. The third kappa shape index (κ3) is 4.31. The van der Waals surface area contributed by atoms with Crippen LogP contribution < -0.4 is 11.2 Å². The lowest BCUT2D eigenvalue weighted by Crippen LogP contribution is -2.37. The van der Waals surface area contributed by atoms with Crippen LogP contribution in [0.25, 0.3) is 0 Å². The van der Waals surface area contributed by atoms with Crippen LogP contribution in [0.2, 0.25) is 10.0 Å². The van der Waals surface area contributed by atoms with Gasteiger partial charge in [-0.3, -0.25) is 0 Å².